The van der Waals surface area contributed by atoms with Crippen LogP contribution >= 0.6 is 0 Å². The van der Waals surface area contributed by atoms with Crippen LogP contribution in [0, 0.1) is 0 Å². The molecule has 0 atom stereocenters. The number of carbonyl (C=O) groups is 4. The molecule has 1 fully saturated rings. The topological polar surface area (TPSA) is 111 Å². The van der Waals surface area contributed by atoms with Gasteiger partial charge in [0, 0.05) is 30.5 Å². The zero-order chi connectivity index (χ0) is 21.8. The molecule has 9 heteroatoms. The summed E-state index contributed by atoms with van der Waals surface area (Å²) in [4.78, 5) is 50.0. The first-order chi connectivity index (χ1) is 14.4. The number of rotatable bonds is 6. The van der Waals surface area contributed by atoms with Crippen LogP contribution in [0.2, 0.25) is 0 Å². The van der Waals surface area contributed by atoms with E-state index < -0.39 is 11.9 Å². The monoisotopic (exact) mass is 412 g/mol. The van der Waals surface area contributed by atoms with E-state index in [9.17, 15) is 19.2 Å². The molecule has 0 bridgehead atoms. The summed E-state index contributed by atoms with van der Waals surface area (Å²) in [6, 6.07) is 8.96. The maximum Gasteiger partial charge on any atom is 0.340 e. The average Bonchev–Trinajstić information content (AvgIpc) is 3.10. The average molecular weight is 412 g/mol. The van der Waals surface area contributed by atoms with Crippen LogP contribution < -0.4 is 19.7 Å². The third-order valence-corrected chi connectivity index (χ3v) is 4.60. The highest BCUT2D eigenvalue weighted by molar-refractivity contribution is 6.20. The van der Waals surface area contributed by atoms with Gasteiger partial charge in [0.25, 0.3) is 5.91 Å². The summed E-state index contributed by atoms with van der Waals surface area (Å²) in [6.07, 6.45) is 0.285. The van der Waals surface area contributed by atoms with E-state index >= 15 is 0 Å². The standard InChI is InChI=1S/C21H20N2O7/c1-28-16-10-14(21(27)30-3)15(11-17(16)29-2)22-20(26)12-5-4-6-13(9-12)23-18(24)7-8-19(23)25/h4-6,9-11H,7-8H2,1-3H3,(H,22,26). The summed E-state index contributed by atoms with van der Waals surface area (Å²) in [5.41, 5.74) is 0.744. The number of esters is 1. The van der Waals surface area contributed by atoms with Crippen LogP contribution in [-0.2, 0) is 14.3 Å². The van der Waals surface area contributed by atoms with Gasteiger partial charge in [0.1, 0.15) is 0 Å². The zero-order valence-electron chi connectivity index (χ0n) is 16.7. The Morgan fingerprint density at radius 2 is 1.57 bits per heavy atom. The number of hydrogen-bond donors (Lipinski definition) is 1. The molecule has 0 unspecified atom stereocenters. The predicted octanol–water partition coefficient (Wildman–Crippen LogP) is 2.40. The molecule has 2 aromatic rings. The summed E-state index contributed by atoms with van der Waals surface area (Å²) in [5.74, 6) is -1.25. The molecule has 1 aliphatic heterocycles. The van der Waals surface area contributed by atoms with Crippen LogP contribution in [-0.4, -0.2) is 45.0 Å². The lowest BCUT2D eigenvalue weighted by atomic mass is 10.1. The Hall–Kier alpha value is -3.88. The Labute approximate surface area is 172 Å². The number of benzene rings is 2. The number of methoxy groups -OCH3 is 3. The lowest BCUT2D eigenvalue weighted by molar-refractivity contribution is -0.121. The molecule has 0 aliphatic carbocycles. The van der Waals surface area contributed by atoms with Crippen LogP contribution in [0.25, 0.3) is 0 Å². The highest BCUT2D eigenvalue weighted by Gasteiger charge is 2.30. The van der Waals surface area contributed by atoms with Crippen molar-refractivity contribution in [2.24, 2.45) is 0 Å². The van der Waals surface area contributed by atoms with Gasteiger partial charge in [0.05, 0.1) is 38.3 Å². The van der Waals surface area contributed by atoms with Crippen LogP contribution in [0.1, 0.15) is 33.6 Å². The minimum absolute atomic E-state index is 0.0737. The molecule has 3 rings (SSSR count). The normalized spacial score (nSPS) is 13.2. The molecular weight excluding hydrogens is 392 g/mol. The van der Waals surface area contributed by atoms with Gasteiger partial charge in [-0.25, -0.2) is 4.79 Å². The van der Waals surface area contributed by atoms with Crippen molar-refractivity contribution in [3.8, 4) is 11.5 Å². The van der Waals surface area contributed by atoms with Gasteiger partial charge in [0.2, 0.25) is 11.8 Å². The van der Waals surface area contributed by atoms with Crippen molar-refractivity contribution in [2.75, 3.05) is 31.5 Å². The van der Waals surface area contributed by atoms with E-state index in [0.717, 1.165) is 4.90 Å². The van der Waals surface area contributed by atoms with Gasteiger partial charge in [-0.15, -0.1) is 0 Å². The summed E-state index contributed by atoms with van der Waals surface area (Å²) in [6.45, 7) is 0. The maximum atomic E-state index is 12.8. The van der Waals surface area contributed by atoms with Crippen molar-refractivity contribution in [2.45, 2.75) is 12.8 Å². The lowest BCUT2D eigenvalue weighted by Crippen LogP contribution is -2.28. The molecule has 1 aliphatic rings. The van der Waals surface area contributed by atoms with Gasteiger partial charge in [-0.3, -0.25) is 19.3 Å². The SMILES string of the molecule is COC(=O)c1cc(OC)c(OC)cc1NC(=O)c1cccc(N2C(=O)CCC2=O)c1. The fraction of sp³-hybridized carbons (Fsp3) is 0.238. The van der Waals surface area contributed by atoms with Crippen molar-refractivity contribution in [3.63, 3.8) is 0 Å². The number of amides is 3. The summed E-state index contributed by atoms with van der Waals surface area (Å²) in [5, 5.41) is 2.64. The Kier molecular flexibility index (Phi) is 6.01. The molecule has 1 heterocycles. The van der Waals surface area contributed by atoms with E-state index in [1.807, 2.05) is 0 Å². The van der Waals surface area contributed by atoms with Gasteiger partial charge in [-0.2, -0.15) is 0 Å². The Bertz CT molecular complexity index is 1020. The van der Waals surface area contributed by atoms with E-state index in [-0.39, 0.29) is 41.5 Å². The van der Waals surface area contributed by atoms with Gasteiger partial charge < -0.3 is 19.5 Å². The number of anilines is 2. The first-order valence-corrected chi connectivity index (χ1v) is 9.01. The molecule has 2 aromatic carbocycles. The highest BCUT2D eigenvalue weighted by Crippen LogP contribution is 2.34. The van der Waals surface area contributed by atoms with Gasteiger partial charge >= 0.3 is 5.97 Å². The van der Waals surface area contributed by atoms with Crippen molar-refractivity contribution < 1.29 is 33.4 Å². The second-order valence-corrected chi connectivity index (χ2v) is 6.37. The molecule has 30 heavy (non-hydrogen) atoms. The molecule has 9 nitrogen and oxygen atoms in total. The molecule has 156 valence electrons. The molecule has 1 saturated heterocycles. The maximum absolute atomic E-state index is 12.8. The summed E-state index contributed by atoms with van der Waals surface area (Å²) >= 11 is 0. The van der Waals surface area contributed by atoms with E-state index in [0.29, 0.717) is 17.2 Å². The fourth-order valence-electron chi connectivity index (χ4n) is 3.11. The zero-order valence-corrected chi connectivity index (χ0v) is 16.7. The number of carbonyl (C=O) groups excluding carboxylic acids is 4. The summed E-state index contributed by atoms with van der Waals surface area (Å²) < 4.78 is 15.2. The Morgan fingerprint density at radius 3 is 2.17 bits per heavy atom. The first kappa shape index (κ1) is 20.8. The predicted molar refractivity (Wildman–Crippen MR) is 107 cm³/mol. The Balaban J connectivity index is 1.94. The number of hydrogen-bond acceptors (Lipinski definition) is 7. The van der Waals surface area contributed by atoms with Gasteiger partial charge in [0.15, 0.2) is 11.5 Å². The van der Waals surface area contributed by atoms with Crippen molar-refractivity contribution in [1.29, 1.82) is 0 Å². The second kappa shape index (κ2) is 8.64. The molecule has 0 spiro atoms. The van der Waals surface area contributed by atoms with Crippen molar-refractivity contribution >= 4 is 35.1 Å². The number of nitrogens with zero attached hydrogens (tertiary/aromatic N) is 1. The van der Waals surface area contributed by atoms with E-state index in [2.05, 4.69) is 5.32 Å². The second-order valence-electron chi connectivity index (χ2n) is 6.37. The van der Waals surface area contributed by atoms with E-state index in [1.165, 1.54) is 45.6 Å². The van der Waals surface area contributed by atoms with E-state index in [4.69, 9.17) is 14.2 Å². The third-order valence-electron chi connectivity index (χ3n) is 4.60. The van der Waals surface area contributed by atoms with Crippen LogP contribution in [0.3, 0.4) is 0 Å². The lowest BCUT2D eigenvalue weighted by Gasteiger charge is -2.16. The summed E-state index contributed by atoms with van der Waals surface area (Å²) in [7, 11) is 4.07. The minimum atomic E-state index is -0.673. The third kappa shape index (κ3) is 3.95. The Morgan fingerprint density at radius 1 is 0.933 bits per heavy atom. The largest absolute Gasteiger partial charge is 0.493 e. The van der Waals surface area contributed by atoms with Crippen LogP contribution in [0.15, 0.2) is 36.4 Å². The van der Waals surface area contributed by atoms with Gasteiger partial charge in [-0.05, 0) is 18.2 Å². The fourth-order valence-corrected chi connectivity index (χ4v) is 3.11. The quantitative estimate of drug-likeness (QED) is 0.573. The van der Waals surface area contributed by atoms with Crippen LogP contribution in [0.4, 0.5) is 11.4 Å². The van der Waals surface area contributed by atoms with Gasteiger partial charge in [-0.1, -0.05) is 6.07 Å². The number of nitrogens with one attached hydrogen (secondary N) is 1. The molecular formula is C21H20N2O7. The highest BCUT2D eigenvalue weighted by atomic mass is 16.5. The van der Waals surface area contributed by atoms with Crippen molar-refractivity contribution in [3.05, 3.63) is 47.5 Å². The smallest absolute Gasteiger partial charge is 0.340 e. The first-order valence-electron chi connectivity index (χ1n) is 9.01. The molecule has 0 saturated carbocycles. The van der Waals surface area contributed by atoms with Crippen LogP contribution in [0.5, 0.6) is 11.5 Å². The molecule has 1 N–H and O–H groups in total. The molecule has 3 amide bonds. The number of imide groups is 1. The minimum Gasteiger partial charge on any atom is -0.493 e. The number of ether oxygens (including phenoxy) is 3. The van der Waals surface area contributed by atoms with E-state index in [1.54, 1.807) is 12.1 Å². The van der Waals surface area contributed by atoms with Crippen molar-refractivity contribution in [1.82, 2.24) is 0 Å². The molecule has 0 aromatic heterocycles. The molecule has 0 radical (unpaired) electrons.